The van der Waals surface area contributed by atoms with Crippen molar-refractivity contribution in [1.82, 2.24) is 14.9 Å². The summed E-state index contributed by atoms with van der Waals surface area (Å²) >= 11 is 0. The van der Waals surface area contributed by atoms with E-state index < -0.39 is 0 Å². The molecule has 1 aromatic carbocycles. The molecule has 20 heavy (non-hydrogen) atoms. The van der Waals surface area contributed by atoms with E-state index in [0.717, 1.165) is 22.5 Å². The van der Waals surface area contributed by atoms with E-state index in [2.05, 4.69) is 15.2 Å². The Bertz CT molecular complexity index is 639. The summed E-state index contributed by atoms with van der Waals surface area (Å²) in [6.07, 6.45) is 3.88. The van der Waals surface area contributed by atoms with Gasteiger partial charge in [-0.2, -0.15) is 0 Å². The van der Waals surface area contributed by atoms with Crippen molar-refractivity contribution in [3.63, 3.8) is 0 Å². The summed E-state index contributed by atoms with van der Waals surface area (Å²) < 4.78 is 0. The van der Waals surface area contributed by atoms with E-state index >= 15 is 0 Å². The molecule has 0 radical (unpaired) electrons. The van der Waals surface area contributed by atoms with Gasteiger partial charge in [-0.1, -0.05) is 12.1 Å². The number of para-hydroxylation sites is 2. The minimum Gasteiger partial charge on any atom is -0.364 e. The van der Waals surface area contributed by atoms with Crippen LogP contribution in [0.1, 0.15) is 25.0 Å². The highest BCUT2D eigenvalue weighted by molar-refractivity contribution is 5.76. The first-order valence-corrected chi connectivity index (χ1v) is 7.55. The zero-order valence-corrected chi connectivity index (χ0v) is 11.8. The summed E-state index contributed by atoms with van der Waals surface area (Å²) in [5, 5.41) is 3.66. The Hall–Kier alpha value is -1.68. The number of hydrogen-bond donors (Lipinski definition) is 1. The Kier molecular flexibility index (Phi) is 2.84. The molecule has 0 amide bonds. The summed E-state index contributed by atoms with van der Waals surface area (Å²) in [5.74, 6) is 0.961. The van der Waals surface area contributed by atoms with Crippen LogP contribution in [0.5, 0.6) is 0 Å². The largest absolute Gasteiger partial charge is 0.364 e. The van der Waals surface area contributed by atoms with Crippen LogP contribution < -0.4 is 5.32 Å². The van der Waals surface area contributed by atoms with Gasteiger partial charge in [0.05, 0.1) is 16.7 Å². The average Bonchev–Trinajstić information content (AvgIpc) is 3.04. The van der Waals surface area contributed by atoms with Crippen molar-refractivity contribution in [1.29, 1.82) is 0 Å². The molecule has 3 heterocycles. The molecule has 1 aromatic heterocycles. The highest BCUT2D eigenvalue weighted by Crippen LogP contribution is 2.30. The quantitative estimate of drug-likeness (QED) is 0.909. The molecule has 2 fully saturated rings. The molecule has 2 saturated heterocycles. The van der Waals surface area contributed by atoms with Gasteiger partial charge in [-0.3, -0.25) is 4.90 Å². The Morgan fingerprint density at radius 2 is 1.90 bits per heavy atom. The zero-order chi connectivity index (χ0) is 13.5. The van der Waals surface area contributed by atoms with Crippen LogP contribution in [0, 0.1) is 6.92 Å². The van der Waals surface area contributed by atoms with Gasteiger partial charge in [0.15, 0.2) is 0 Å². The van der Waals surface area contributed by atoms with Crippen molar-refractivity contribution in [2.75, 3.05) is 18.4 Å². The van der Waals surface area contributed by atoms with E-state index in [-0.39, 0.29) is 0 Å². The molecule has 2 atom stereocenters. The molecule has 0 saturated carbocycles. The molecule has 2 unspecified atom stereocenters. The van der Waals surface area contributed by atoms with Gasteiger partial charge in [0.25, 0.3) is 0 Å². The van der Waals surface area contributed by atoms with E-state index in [1.807, 2.05) is 31.2 Å². The molecular weight excluding hydrogens is 248 g/mol. The Balaban J connectivity index is 1.63. The first-order chi connectivity index (χ1) is 9.81. The summed E-state index contributed by atoms with van der Waals surface area (Å²) in [4.78, 5) is 12.0. The van der Waals surface area contributed by atoms with Crippen molar-refractivity contribution < 1.29 is 0 Å². The number of nitrogens with one attached hydrogen (secondary N) is 1. The van der Waals surface area contributed by atoms with Gasteiger partial charge in [-0.05, 0) is 44.9 Å². The molecule has 2 aromatic rings. The van der Waals surface area contributed by atoms with Gasteiger partial charge < -0.3 is 5.32 Å². The normalized spacial score (nSPS) is 26.1. The summed E-state index contributed by atoms with van der Waals surface area (Å²) in [6.45, 7) is 4.54. The Morgan fingerprint density at radius 3 is 2.75 bits per heavy atom. The maximum absolute atomic E-state index is 4.76. The molecule has 2 aliphatic rings. The molecular formula is C16H20N4. The van der Waals surface area contributed by atoms with Crippen LogP contribution in [0.15, 0.2) is 24.3 Å². The Labute approximate surface area is 119 Å². The minimum absolute atomic E-state index is 0.534. The number of nitrogens with zero attached hydrogens (tertiary/aromatic N) is 3. The fourth-order valence-electron chi connectivity index (χ4n) is 3.65. The van der Waals surface area contributed by atoms with Gasteiger partial charge in [-0.25, -0.2) is 9.97 Å². The minimum atomic E-state index is 0.534. The maximum Gasteiger partial charge on any atom is 0.148 e. The van der Waals surface area contributed by atoms with Crippen LogP contribution in [0.4, 0.5) is 5.82 Å². The summed E-state index contributed by atoms with van der Waals surface area (Å²) in [5.41, 5.74) is 2.95. The fraction of sp³-hybridized carbons (Fsp3) is 0.500. The van der Waals surface area contributed by atoms with Crippen molar-refractivity contribution in [3.8, 4) is 0 Å². The SMILES string of the molecule is Cc1nc2ccccc2nc1NC1CCN2CCCC12. The van der Waals surface area contributed by atoms with Gasteiger partial charge in [-0.15, -0.1) is 0 Å². The number of anilines is 1. The Morgan fingerprint density at radius 1 is 1.10 bits per heavy atom. The molecule has 2 aliphatic heterocycles. The van der Waals surface area contributed by atoms with E-state index in [0.29, 0.717) is 12.1 Å². The van der Waals surface area contributed by atoms with E-state index in [1.54, 1.807) is 0 Å². The second-order valence-corrected chi connectivity index (χ2v) is 5.93. The molecule has 4 heteroatoms. The third kappa shape index (κ3) is 1.95. The van der Waals surface area contributed by atoms with Gasteiger partial charge >= 0.3 is 0 Å². The van der Waals surface area contributed by atoms with E-state index in [9.17, 15) is 0 Å². The topological polar surface area (TPSA) is 41.1 Å². The lowest BCUT2D eigenvalue weighted by atomic mass is 10.1. The van der Waals surface area contributed by atoms with E-state index in [4.69, 9.17) is 4.98 Å². The van der Waals surface area contributed by atoms with Crippen molar-refractivity contribution in [2.45, 2.75) is 38.3 Å². The molecule has 4 nitrogen and oxygen atoms in total. The lowest BCUT2D eigenvalue weighted by Crippen LogP contribution is -2.34. The van der Waals surface area contributed by atoms with Crippen LogP contribution in [-0.2, 0) is 0 Å². The van der Waals surface area contributed by atoms with Crippen molar-refractivity contribution in [3.05, 3.63) is 30.0 Å². The van der Waals surface area contributed by atoms with Crippen molar-refractivity contribution in [2.24, 2.45) is 0 Å². The van der Waals surface area contributed by atoms with Crippen LogP contribution in [0.2, 0.25) is 0 Å². The van der Waals surface area contributed by atoms with Gasteiger partial charge in [0.1, 0.15) is 5.82 Å². The third-order valence-electron chi connectivity index (χ3n) is 4.67. The lowest BCUT2D eigenvalue weighted by molar-refractivity contribution is 0.318. The predicted octanol–water partition coefficient (Wildman–Crippen LogP) is 2.59. The van der Waals surface area contributed by atoms with E-state index in [1.165, 1.54) is 32.4 Å². The lowest BCUT2D eigenvalue weighted by Gasteiger charge is -2.22. The summed E-state index contributed by atoms with van der Waals surface area (Å²) in [6, 6.07) is 9.31. The highest BCUT2D eigenvalue weighted by atomic mass is 15.2. The smallest absolute Gasteiger partial charge is 0.148 e. The first kappa shape index (κ1) is 12.1. The first-order valence-electron chi connectivity index (χ1n) is 7.55. The maximum atomic E-state index is 4.76. The number of rotatable bonds is 2. The fourth-order valence-corrected chi connectivity index (χ4v) is 3.65. The third-order valence-corrected chi connectivity index (χ3v) is 4.67. The molecule has 0 spiro atoms. The van der Waals surface area contributed by atoms with Crippen LogP contribution in [0.3, 0.4) is 0 Å². The summed E-state index contributed by atoms with van der Waals surface area (Å²) in [7, 11) is 0. The van der Waals surface area contributed by atoms with Gasteiger partial charge in [0, 0.05) is 18.6 Å². The number of hydrogen-bond acceptors (Lipinski definition) is 4. The van der Waals surface area contributed by atoms with Crippen LogP contribution in [-0.4, -0.2) is 40.0 Å². The predicted molar refractivity (Wildman–Crippen MR) is 80.9 cm³/mol. The molecule has 0 bridgehead atoms. The van der Waals surface area contributed by atoms with Crippen LogP contribution >= 0.6 is 0 Å². The average molecular weight is 268 g/mol. The molecule has 0 aliphatic carbocycles. The standard InChI is InChI=1S/C16H20N4/c1-11-16(18-13-6-3-2-5-12(13)17-11)19-14-8-10-20-9-4-7-15(14)20/h2-3,5-6,14-15H,4,7-10H2,1H3,(H,18,19). The zero-order valence-electron chi connectivity index (χ0n) is 11.8. The monoisotopic (exact) mass is 268 g/mol. The van der Waals surface area contributed by atoms with Crippen molar-refractivity contribution >= 4 is 16.9 Å². The van der Waals surface area contributed by atoms with Gasteiger partial charge in [0.2, 0.25) is 0 Å². The molecule has 4 rings (SSSR count). The second-order valence-electron chi connectivity index (χ2n) is 5.93. The highest BCUT2D eigenvalue weighted by Gasteiger charge is 2.37. The van der Waals surface area contributed by atoms with Crippen LogP contribution in [0.25, 0.3) is 11.0 Å². The molecule has 104 valence electrons. The molecule has 1 N–H and O–H groups in total. The number of aromatic nitrogens is 2. The second kappa shape index (κ2) is 4.70. The number of fused-ring (bicyclic) bond motifs is 2. The number of benzene rings is 1. The number of aryl methyl sites for hydroxylation is 1.